The van der Waals surface area contributed by atoms with Gasteiger partial charge in [0.05, 0.1) is 11.3 Å². The van der Waals surface area contributed by atoms with E-state index in [9.17, 15) is 14.9 Å². The van der Waals surface area contributed by atoms with Crippen molar-refractivity contribution in [3.8, 4) is 5.75 Å². The zero-order chi connectivity index (χ0) is 15.2. The van der Waals surface area contributed by atoms with E-state index in [2.05, 4.69) is 0 Å². The molecule has 0 bridgehead atoms. The molecule has 0 aliphatic carbocycles. The van der Waals surface area contributed by atoms with Gasteiger partial charge in [0.25, 0.3) is 5.69 Å². The molecule has 0 radical (unpaired) electrons. The largest absolute Gasteiger partial charge is 0.450 e. The number of hydrogen-bond acceptors (Lipinski definition) is 5. The van der Waals surface area contributed by atoms with Crippen molar-refractivity contribution in [1.29, 1.82) is 0 Å². The molecule has 106 valence electrons. The minimum atomic E-state index is -0.499. The summed E-state index contributed by atoms with van der Waals surface area (Å²) in [5, 5.41) is 10.7. The van der Waals surface area contributed by atoms with Gasteiger partial charge in [-0.3, -0.25) is 14.9 Å². The van der Waals surface area contributed by atoms with E-state index in [-0.39, 0.29) is 22.9 Å². The maximum atomic E-state index is 11.9. The van der Waals surface area contributed by atoms with Gasteiger partial charge in [-0.05, 0) is 24.4 Å². The summed E-state index contributed by atoms with van der Waals surface area (Å²) in [6.07, 6.45) is -0.0175. The minimum absolute atomic E-state index is 0.0175. The Morgan fingerprint density at radius 2 is 1.71 bits per heavy atom. The number of nitro benzene ring substituents is 1. The van der Waals surface area contributed by atoms with Crippen LogP contribution >= 0.6 is 12.2 Å². The second-order valence-corrected chi connectivity index (χ2v) is 4.65. The van der Waals surface area contributed by atoms with Gasteiger partial charge in [-0.15, -0.1) is 0 Å². The molecule has 0 unspecified atom stereocenters. The molecular formula is C15H11NO4S. The van der Waals surface area contributed by atoms with Crippen LogP contribution in [-0.2, 0) is 0 Å². The highest BCUT2D eigenvalue weighted by Crippen LogP contribution is 2.18. The van der Waals surface area contributed by atoms with Gasteiger partial charge < -0.3 is 4.74 Å². The predicted octanol–water partition coefficient (Wildman–Crippen LogP) is 3.57. The zero-order valence-corrected chi connectivity index (χ0v) is 11.7. The van der Waals surface area contributed by atoms with E-state index in [0.29, 0.717) is 11.3 Å². The molecule has 0 saturated carbocycles. The van der Waals surface area contributed by atoms with Crippen LogP contribution in [0.5, 0.6) is 5.75 Å². The van der Waals surface area contributed by atoms with Gasteiger partial charge in [-0.2, -0.15) is 0 Å². The third-order valence-corrected chi connectivity index (χ3v) is 2.91. The van der Waals surface area contributed by atoms with E-state index >= 15 is 0 Å². The lowest BCUT2D eigenvalue weighted by Gasteiger charge is -2.06. The average molecular weight is 301 g/mol. The lowest BCUT2D eigenvalue weighted by Crippen LogP contribution is -2.12. The number of rotatable bonds is 5. The van der Waals surface area contributed by atoms with Crippen molar-refractivity contribution < 1.29 is 14.5 Å². The SMILES string of the molecule is O=C(CC(=S)Oc1ccc([N+](=O)[O-])cc1)c1ccccc1. The summed E-state index contributed by atoms with van der Waals surface area (Å²) >= 11 is 5.02. The smallest absolute Gasteiger partial charge is 0.269 e. The van der Waals surface area contributed by atoms with Crippen LogP contribution in [0.2, 0.25) is 0 Å². The van der Waals surface area contributed by atoms with Crippen molar-refractivity contribution in [2.24, 2.45) is 0 Å². The third-order valence-electron chi connectivity index (χ3n) is 2.68. The van der Waals surface area contributed by atoms with Crippen molar-refractivity contribution in [2.75, 3.05) is 0 Å². The number of hydrogen-bond donors (Lipinski definition) is 0. The summed E-state index contributed by atoms with van der Waals surface area (Å²) in [7, 11) is 0. The summed E-state index contributed by atoms with van der Waals surface area (Å²) in [6.45, 7) is 0. The summed E-state index contributed by atoms with van der Waals surface area (Å²) in [4.78, 5) is 22.0. The first kappa shape index (κ1) is 14.8. The van der Waals surface area contributed by atoms with E-state index in [1.807, 2.05) is 6.07 Å². The molecule has 2 rings (SSSR count). The number of nitro groups is 1. The molecule has 0 saturated heterocycles. The van der Waals surface area contributed by atoms with Gasteiger partial charge in [-0.25, -0.2) is 0 Å². The van der Waals surface area contributed by atoms with Gasteiger partial charge in [0.15, 0.2) is 10.8 Å². The minimum Gasteiger partial charge on any atom is -0.450 e. The molecule has 5 nitrogen and oxygen atoms in total. The number of thiocarbonyl (C=S) groups is 1. The Morgan fingerprint density at radius 1 is 1.10 bits per heavy atom. The second kappa shape index (κ2) is 6.71. The molecule has 0 amide bonds. The van der Waals surface area contributed by atoms with Crippen molar-refractivity contribution >= 4 is 28.7 Å². The van der Waals surface area contributed by atoms with Crippen molar-refractivity contribution in [2.45, 2.75) is 6.42 Å². The monoisotopic (exact) mass is 301 g/mol. The zero-order valence-electron chi connectivity index (χ0n) is 10.9. The molecule has 0 fully saturated rings. The second-order valence-electron chi connectivity index (χ2n) is 4.19. The van der Waals surface area contributed by atoms with Crippen LogP contribution < -0.4 is 4.74 Å². The number of carbonyl (C=O) groups is 1. The normalized spacial score (nSPS) is 9.90. The van der Waals surface area contributed by atoms with Gasteiger partial charge in [-0.1, -0.05) is 30.3 Å². The fraction of sp³-hybridized carbons (Fsp3) is 0.0667. The number of benzene rings is 2. The van der Waals surface area contributed by atoms with Crippen molar-refractivity contribution in [1.82, 2.24) is 0 Å². The Morgan fingerprint density at radius 3 is 2.29 bits per heavy atom. The molecular weight excluding hydrogens is 290 g/mol. The molecule has 0 aromatic heterocycles. The molecule has 0 spiro atoms. The van der Waals surface area contributed by atoms with Crippen LogP contribution in [0.4, 0.5) is 5.69 Å². The summed E-state index contributed by atoms with van der Waals surface area (Å²) in [5.74, 6) is 0.231. The van der Waals surface area contributed by atoms with E-state index in [1.54, 1.807) is 24.3 Å². The van der Waals surface area contributed by atoms with Gasteiger partial charge in [0, 0.05) is 17.7 Å². The Labute approximate surface area is 126 Å². The number of carbonyl (C=O) groups excluding carboxylic acids is 1. The molecule has 21 heavy (non-hydrogen) atoms. The first-order valence-electron chi connectivity index (χ1n) is 6.09. The molecule has 0 aliphatic rings. The van der Waals surface area contributed by atoms with Crippen molar-refractivity contribution in [3.05, 3.63) is 70.3 Å². The highest BCUT2D eigenvalue weighted by molar-refractivity contribution is 7.80. The number of nitrogens with zero attached hydrogens (tertiary/aromatic N) is 1. The molecule has 0 heterocycles. The summed E-state index contributed by atoms with van der Waals surface area (Å²) in [5.41, 5.74) is 0.528. The predicted molar refractivity (Wildman–Crippen MR) is 81.7 cm³/mol. The molecule has 0 atom stereocenters. The topological polar surface area (TPSA) is 69.4 Å². The van der Waals surface area contributed by atoms with Crippen LogP contribution in [0.25, 0.3) is 0 Å². The molecule has 0 aliphatic heterocycles. The van der Waals surface area contributed by atoms with Crippen LogP contribution in [-0.4, -0.2) is 15.8 Å². The molecule has 2 aromatic carbocycles. The fourth-order valence-electron chi connectivity index (χ4n) is 1.66. The first-order chi connectivity index (χ1) is 10.1. The Hall–Kier alpha value is -2.60. The Balaban J connectivity index is 1.95. The van der Waals surface area contributed by atoms with Gasteiger partial charge >= 0.3 is 0 Å². The summed E-state index contributed by atoms with van der Waals surface area (Å²) < 4.78 is 5.33. The lowest BCUT2D eigenvalue weighted by molar-refractivity contribution is -0.384. The molecule has 0 N–H and O–H groups in total. The highest BCUT2D eigenvalue weighted by Gasteiger charge is 2.11. The first-order valence-corrected chi connectivity index (χ1v) is 6.50. The van der Waals surface area contributed by atoms with E-state index < -0.39 is 4.92 Å². The summed E-state index contributed by atoms with van der Waals surface area (Å²) in [6, 6.07) is 14.3. The standard InChI is InChI=1S/C15H11NO4S/c17-14(11-4-2-1-3-5-11)10-15(21)20-13-8-6-12(7-9-13)16(18)19/h1-9H,10H2. The van der Waals surface area contributed by atoms with Crippen LogP contribution in [0.3, 0.4) is 0 Å². The Kier molecular flexibility index (Phi) is 4.73. The van der Waals surface area contributed by atoms with E-state index in [0.717, 1.165) is 0 Å². The average Bonchev–Trinajstić information content (AvgIpc) is 2.48. The van der Waals surface area contributed by atoms with E-state index in [4.69, 9.17) is 17.0 Å². The number of Topliss-reactive ketones (excluding diaryl/α,β-unsaturated/α-hetero) is 1. The maximum absolute atomic E-state index is 11.9. The number of ketones is 1. The third kappa shape index (κ3) is 4.19. The maximum Gasteiger partial charge on any atom is 0.269 e. The van der Waals surface area contributed by atoms with Gasteiger partial charge in [0.2, 0.25) is 0 Å². The van der Waals surface area contributed by atoms with Crippen molar-refractivity contribution in [3.63, 3.8) is 0 Å². The molecule has 6 heteroatoms. The fourth-order valence-corrected chi connectivity index (χ4v) is 1.89. The number of ether oxygens (including phenoxy) is 1. The lowest BCUT2D eigenvalue weighted by atomic mass is 10.1. The molecule has 2 aromatic rings. The quantitative estimate of drug-likeness (QED) is 0.365. The van der Waals surface area contributed by atoms with Gasteiger partial charge in [0.1, 0.15) is 5.75 Å². The Bertz CT molecular complexity index is 668. The van der Waals surface area contributed by atoms with Crippen LogP contribution in [0.15, 0.2) is 54.6 Å². The van der Waals surface area contributed by atoms with Crippen LogP contribution in [0, 0.1) is 10.1 Å². The van der Waals surface area contributed by atoms with E-state index in [1.165, 1.54) is 24.3 Å². The van der Waals surface area contributed by atoms with Crippen LogP contribution in [0.1, 0.15) is 16.8 Å². The highest BCUT2D eigenvalue weighted by atomic mass is 32.1. The number of non-ortho nitro benzene ring substituents is 1.